The summed E-state index contributed by atoms with van der Waals surface area (Å²) in [5, 5.41) is 0. The molecule has 134 valence electrons. The third kappa shape index (κ3) is 4.50. The van der Waals surface area contributed by atoms with E-state index in [4.69, 9.17) is 9.15 Å². The summed E-state index contributed by atoms with van der Waals surface area (Å²) in [5.41, 5.74) is 1.78. The van der Waals surface area contributed by atoms with Crippen LogP contribution in [0.2, 0.25) is 0 Å². The van der Waals surface area contributed by atoms with Crippen molar-refractivity contribution in [3.8, 4) is 0 Å². The molecular formula is C20H26N2O3. The molecule has 1 aliphatic heterocycles. The molecule has 0 saturated carbocycles. The van der Waals surface area contributed by atoms with Gasteiger partial charge in [0.2, 0.25) is 0 Å². The van der Waals surface area contributed by atoms with Gasteiger partial charge in [-0.1, -0.05) is 12.1 Å². The van der Waals surface area contributed by atoms with Gasteiger partial charge in [0.1, 0.15) is 5.76 Å². The van der Waals surface area contributed by atoms with Crippen molar-refractivity contribution in [2.45, 2.75) is 32.0 Å². The molecule has 0 bridgehead atoms. The Morgan fingerprint density at radius 3 is 2.56 bits per heavy atom. The van der Waals surface area contributed by atoms with E-state index in [0.717, 1.165) is 37.3 Å². The van der Waals surface area contributed by atoms with Crippen LogP contribution in [0.3, 0.4) is 0 Å². The lowest BCUT2D eigenvalue weighted by Crippen LogP contribution is -2.46. The molecular weight excluding hydrogens is 316 g/mol. The number of ether oxygens (including phenoxy) is 1. The van der Waals surface area contributed by atoms with Crippen LogP contribution in [0, 0.1) is 0 Å². The lowest BCUT2D eigenvalue weighted by Gasteiger charge is -2.37. The molecule has 0 unspecified atom stereocenters. The molecule has 1 aliphatic rings. The molecule has 25 heavy (non-hydrogen) atoms. The van der Waals surface area contributed by atoms with E-state index in [1.165, 1.54) is 0 Å². The number of rotatable bonds is 6. The fourth-order valence-electron chi connectivity index (χ4n) is 3.32. The highest BCUT2D eigenvalue weighted by Gasteiger charge is 2.28. The molecule has 1 aromatic carbocycles. The van der Waals surface area contributed by atoms with Crippen LogP contribution in [0.15, 0.2) is 47.1 Å². The molecule has 0 atom stereocenters. The quantitative estimate of drug-likeness (QED) is 0.809. The standard InChI is InChI=1S/C20H26N2O3/c1-21-11-9-18(10-12-21)22(14-19-4-3-13-25-19)20(23)17-7-5-16(6-8-17)15-24-2/h3-8,13,18H,9-12,14-15H2,1-2H3. The van der Waals surface area contributed by atoms with Gasteiger partial charge in [-0.05, 0) is 62.8 Å². The number of piperidine rings is 1. The van der Waals surface area contributed by atoms with Crippen LogP contribution >= 0.6 is 0 Å². The van der Waals surface area contributed by atoms with Crippen molar-refractivity contribution in [1.29, 1.82) is 0 Å². The second-order valence-corrected chi connectivity index (χ2v) is 6.68. The fourth-order valence-corrected chi connectivity index (χ4v) is 3.32. The molecule has 0 radical (unpaired) electrons. The minimum Gasteiger partial charge on any atom is -0.467 e. The number of nitrogens with zero attached hydrogens (tertiary/aromatic N) is 2. The first-order chi connectivity index (χ1) is 12.2. The summed E-state index contributed by atoms with van der Waals surface area (Å²) in [4.78, 5) is 17.4. The van der Waals surface area contributed by atoms with Crippen molar-refractivity contribution in [2.24, 2.45) is 0 Å². The second kappa shape index (κ2) is 8.32. The minimum atomic E-state index is 0.0647. The van der Waals surface area contributed by atoms with Crippen LogP contribution in [-0.4, -0.2) is 49.0 Å². The Balaban J connectivity index is 1.78. The lowest BCUT2D eigenvalue weighted by molar-refractivity contribution is 0.0550. The van der Waals surface area contributed by atoms with Crippen molar-refractivity contribution in [2.75, 3.05) is 27.2 Å². The summed E-state index contributed by atoms with van der Waals surface area (Å²) in [6.07, 6.45) is 3.64. The molecule has 2 aromatic rings. The zero-order valence-corrected chi connectivity index (χ0v) is 15.0. The zero-order valence-electron chi connectivity index (χ0n) is 15.0. The van der Waals surface area contributed by atoms with Crippen molar-refractivity contribution < 1.29 is 13.9 Å². The average molecular weight is 342 g/mol. The Hall–Kier alpha value is -2.11. The third-order valence-corrected chi connectivity index (χ3v) is 4.81. The molecule has 5 nitrogen and oxygen atoms in total. The van der Waals surface area contributed by atoms with Gasteiger partial charge in [-0.15, -0.1) is 0 Å². The smallest absolute Gasteiger partial charge is 0.254 e. The van der Waals surface area contributed by atoms with Gasteiger partial charge in [0.25, 0.3) is 5.91 Å². The van der Waals surface area contributed by atoms with Crippen molar-refractivity contribution >= 4 is 5.91 Å². The van der Waals surface area contributed by atoms with Crippen LogP contribution in [-0.2, 0) is 17.9 Å². The van der Waals surface area contributed by atoms with Crippen LogP contribution in [0.4, 0.5) is 0 Å². The highest BCUT2D eigenvalue weighted by Crippen LogP contribution is 2.21. The normalized spacial score (nSPS) is 16.1. The molecule has 3 rings (SSSR count). The van der Waals surface area contributed by atoms with E-state index >= 15 is 0 Å². The number of carbonyl (C=O) groups excluding carboxylic acids is 1. The van der Waals surface area contributed by atoms with E-state index in [9.17, 15) is 4.79 Å². The molecule has 0 aliphatic carbocycles. The molecule has 2 heterocycles. The maximum atomic E-state index is 13.2. The monoisotopic (exact) mass is 342 g/mol. The molecule has 1 amide bonds. The fraction of sp³-hybridized carbons (Fsp3) is 0.450. The Bertz CT molecular complexity index is 659. The van der Waals surface area contributed by atoms with Crippen molar-refractivity contribution in [1.82, 2.24) is 9.80 Å². The van der Waals surface area contributed by atoms with Gasteiger partial charge in [-0.2, -0.15) is 0 Å². The van der Waals surface area contributed by atoms with E-state index < -0.39 is 0 Å². The van der Waals surface area contributed by atoms with Gasteiger partial charge < -0.3 is 19.0 Å². The number of likely N-dealkylation sites (tertiary alicyclic amines) is 1. The first-order valence-electron chi connectivity index (χ1n) is 8.77. The van der Waals surface area contributed by atoms with Gasteiger partial charge in [-0.25, -0.2) is 0 Å². The van der Waals surface area contributed by atoms with Crippen LogP contribution in [0.25, 0.3) is 0 Å². The summed E-state index contributed by atoms with van der Waals surface area (Å²) in [7, 11) is 3.80. The van der Waals surface area contributed by atoms with Crippen molar-refractivity contribution in [3.05, 3.63) is 59.5 Å². The molecule has 0 spiro atoms. The van der Waals surface area contributed by atoms with Crippen LogP contribution < -0.4 is 0 Å². The predicted octanol–water partition coefficient (Wildman–Crippen LogP) is 3.16. The number of amides is 1. The third-order valence-electron chi connectivity index (χ3n) is 4.81. The summed E-state index contributed by atoms with van der Waals surface area (Å²) in [6, 6.07) is 11.7. The minimum absolute atomic E-state index is 0.0647. The second-order valence-electron chi connectivity index (χ2n) is 6.68. The van der Waals surface area contributed by atoms with Gasteiger partial charge in [0, 0.05) is 18.7 Å². The van der Waals surface area contributed by atoms with Crippen LogP contribution in [0.1, 0.15) is 34.5 Å². The molecule has 1 saturated heterocycles. The number of hydrogen-bond acceptors (Lipinski definition) is 4. The van der Waals surface area contributed by atoms with Gasteiger partial charge in [0.15, 0.2) is 0 Å². The summed E-state index contributed by atoms with van der Waals surface area (Å²) >= 11 is 0. The number of methoxy groups -OCH3 is 1. The number of hydrogen-bond donors (Lipinski definition) is 0. The maximum absolute atomic E-state index is 13.2. The summed E-state index contributed by atoms with van der Waals surface area (Å²) < 4.78 is 10.6. The Morgan fingerprint density at radius 2 is 1.96 bits per heavy atom. The van der Waals surface area contributed by atoms with Crippen molar-refractivity contribution in [3.63, 3.8) is 0 Å². The van der Waals surface area contributed by atoms with E-state index in [2.05, 4.69) is 11.9 Å². The van der Waals surface area contributed by atoms with Gasteiger partial charge in [0.05, 0.1) is 19.4 Å². The highest BCUT2D eigenvalue weighted by molar-refractivity contribution is 5.94. The van der Waals surface area contributed by atoms with E-state index in [-0.39, 0.29) is 11.9 Å². The summed E-state index contributed by atoms with van der Waals surface area (Å²) in [5.74, 6) is 0.887. The number of carbonyl (C=O) groups is 1. The molecule has 0 N–H and O–H groups in total. The largest absolute Gasteiger partial charge is 0.467 e. The Morgan fingerprint density at radius 1 is 1.24 bits per heavy atom. The predicted molar refractivity (Wildman–Crippen MR) is 96.3 cm³/mol. The molecule has 1 fully saturated rings. The first kappa shape index (κ1) is 17.7. The first-order valence-corrected chi connectivity index (χ1v) is 8.77. The Kier molecular flexibility index (Phi) is 5.89. The highest BCUT2D eigenvalue weighted by atomic mass is 16.5. The topological polar surface area (TPSA) is 45.9 Å². The molecule has 1 aromatic heterocycles. The zero-order chi connectivity index (χ0) is 17.6. The summed E-state index contributed by atoms with van der Waals surface area (Å²) in [6.45, 7) is 3.10. The van der Waals surface area contributed by atoms with E-state index in [1.807, 2.05) is 41.3 Å². The maximum Gasteiger partial charge on any atom is 0.254 e. The lowest BCUT2D eigenvalue weighted by atomic mass is 10.0. The van der Waals surface area contributed by atoms with Gasteiger partial charge >= 0.3 is 0 Å². The number of furan rings is 1. The number of benzene rings is 1. The SMILES string of the molecule is COCc1ccc(C(=O)N(Cc2ccco2)C2CCN(C)CC2)cc1. The average Bonchev–Trinajstić information content (AvgIpc) is 3.14. The molecule has 5 heteroatoms. The van der Waals surface area contributed by atoms with E-state index in [1.54, 1.807) is 13.4 Å². The van der Waals surface area contributed by atoms with Crippen LogP contribution in [0.5, 0.6) is 0 Å². The Labute approximate surface area is 149 Å². The van der Waals surface area contributed by atoms with Gasteiger partial charge in [-0.3, -0.25) is 4.79 Å². The van der Waals surface area contributed by atoms with E-state index in [0.29, 0.717) is 18.7 Å².